The van der Waals surface area contributed by atoms with Crippen LogP contribution in [0.5, 0.6) is 0 Å². The zero-order valence-corrected chi connectivity index (χ0v) is 6.40. The van der Waals surface area contributed by atoms with E-state index in [1.54, 1.807) is 18.2 Å². The van der Waals surface area contributed by atoms with Gasteiger partial charge in [0.25, 0.3) is 0 Å². The van der Waals surface area contributed by atoms with E-state index in [0.29, 0.717) is 5.56 Å². The second-order valence-corrected chi connectivity index (χ2v) is 2.60. The summed E-state index contributed by atoms with van der Waals surface area (Å²) in [5.41, 5.74) is 0.326. The van der Waals surface area contributed by atoms with Crippen molar-refractivity contribution in [3.8, 4) is 0 Å². The minimum atomic E-state index is -0.885. The molecule has 0 heterocycles. The molecule has 1 N–H and O–H groups in total. The summed E-state index contributed by atoms with van der Waals surface area (Å²) in [4.78, 5) is 10.3. The quantitative estimate of drug-likeness (QED) is 0.494. The number of carbonyl (C=O) groups is 1. The Labute approximate surface area is 89.5 Å². The predicted octanol–water partition coefficient (Wildman–Crippen LogP) is 0.237. The SMILES string of the molecule is O=C(O)c1cccc(P)c1.[NaH]. The Hall–Kier alpha value is 0.120. The fourth-order valence-electron chi connectivity index (χ4n) is 0.672. The molecule has 1 aromatic rings. The van der Waals surface area contributed by atoms with Gasteiger partial charge in [0.2, 0.25) is 0 Å². The van der Waals surface area contributed by atoms with Gasteiger partial charge in [-0.05, 0) is 17.4 Å². The van der Waals surface area contributed by atoms with Gasteiger partial charge in [0.05, 0.1) is 5.56 Å². The van der Waals surface area contributed by atoms with Crippen molar-refractivity contribution >= 4 is 50.1 Å². The summed E-state index contributed by atoms with van der Waals surface area (Å²) in [6, 6.07) is 6.71. The van der Waals surface area contributed by atoms with Gasteiger partial charge < -0.3 is 5.11 Å². The van der Waals surface area contributed by atoms with Crippen LogP contribution in [0.25, 0.3) is 0 Å². The molecular formula is C7H8NaO2P. The average molecular weight is 178 g/mol. The molecule has 1 aromatic carbocycles. The number of rotatable bonds is 1. The molecule has 0 amide bonds. The third-order valence-electron chi connectivity index (χ3n) is 1.13. The van der Waals surface area contributed by atoms with Gasteiger partial charge in [-0.2, -0.15) is 0 Å². The van der Waals surface area contributed by atoms with E-state index >= 15 is 0 Å². The van der Waals surface area contributed by atoms with Crippen molar-refractivity contribution < 1.29 is 9.90 Å². The Balaban J connectivity index is 0.000001000. The summed E-state index contributed by atoms with van der Waals surface area (Å²) >= 11 is 0. The molecule has 0 saturated carbocycles. The van der Waals surface area contributed by atoms with E-state index in [1.807, 2.05) is 6.07 Å². The molecule has 0 bridgehead atoms. The Morgan fingerprint density at radius 2 is 2.09 bits per heavy atom. The molecule has 0 fully saturated rings. The maximum absolute atomic E-state index is 10.3. The topological polar surface area (TPSA) is 37.3 Å². The fraction of sp³-hybridized carbons (Fsp3) is 0. The third kappa shape index (κ3) is 3.35. The first-order chi connectivity index (χ1) is 4.70. The molecule has 0 aliphatic heterocycles. The molecule has 0 aliphatic carbocycles. The van der Waals surface area contributed by atoms with Crippen LogP contribution in [0.4, 0.5) is 0 Å². The molecule has 4 heteroatoms. The van der Waals surface area contributed by atoms with E-state index in [1.165, 1.54) is 0 Å². The van der Waals surface area contributed by atoms with Crippen LogP contribution < -0.4 is 5.30 Å². The fourth-order valence-corrected chi connectivity index (χ4v) is 0.962. The number of hydrogen-bond acceptors (Lipinski definition) is 1. The first-order valence-electron chi connectivity index (χ1n) is 2.79. The van der Waals surface area contributed by atoms with Crippen molar-refractivity contribution in [3.05, 3.63) is 29.8 Å². The van der Waals surface area contributed by atoms with Gasteiger partial charge in [-0.1, -0.05) is 12.1 Å². The predicted molar refractivity (Wildman–Crippen MR) is 49.9 cm³/mol. The van der Waals surface area contributed by atoms with Crippen molar-refractivity contribution in [1.82, 2.24) is 0 Å². The van der Waals surface area contributed by atoms with Gasteiger partial charge >= 0.3 is 35.5 Å². The van der Waals surface area contributed by atoms with E-state index in [2.05, 4.69) is 9.24 Å². The first kappa shape index (κ1) is 11.1. The summed E-state index contributed by atoms with van der Waals surface area (Å²) in [5.74, 6) is -0.885. The molecule has 0 aromatic heterocycles. The molecule has 0 spiro atoms. The zero-order valence-electron chi connectivity index (χ0n) is 5.24. The first-order valence-corrected chi connectivity index (χ1v) is 3.37. The molecule has 2 nitrogen and oxygen atoms in total. The average Bonchev–Trinajstić information content (AvgIpc) is 1.88. The van der Waals surface area contributed by atoms with Crippen molar-refractivity contribution in [2.24, 2.45) is 0 Å². The van der Waals surface area contributed by atoms with Crippen LogP contribution >= 0.6 is 9.24 Å². The standard InChI is InChI=1S/C7H7O2P.Na.H/c8-7(9)5-2-1-3-6(10)4-5;;/h1-4H,10H2,(H,8,9);;. The van der Waals surface area contributed by atoms with Gasteiger partial charge in [-0.15, -0.1) is 9.24 Å². The zero-order chi connectivity index (χ0) is 7.56. The van der Waals surface area contributed by atoms with Crippen molar-refractivity contribution in [2.45, 2.75) is 0 Å². The van der Waals surface area contributed by atoms with Gasteiger partial charge in [0.1, 0.15) is 0 Å². The summed E-state index contributed by atoms with van der Waals surface area (Å²) in [6.45, 7) is 0. The number of hydrogen-bond donors (Lipinski definition) is 1. The summed E-state index contributed by atoms with van der Waals surface area (Å²) in [5, 5.41) is 9.39. The number of carboxylic acid groups (broad SMARTS) is 1. The van der Waals surface area contributed by atoms with Crippen LogP contribution in [-0.2, 0) is 0 Å². The molecule has 0 aliphatic rings. The van der Waals surface area contributed by atoms with Crippen LogP contribution in [0, 0.1) is 0 Å². The number of carboxylic acids is 1. The van der Waals surface area contributed by atoms with Crippen LogP contribution in [0.1, 0.15) is 10.4 Å². The summed E-state index contributed by atoms with van der Waals surface area (Å²) in [7, 11) is 2.45. The second-order valence-electron chi connectivity index (χ2n) is 1.93. The Morgan fingerprint density at radius 3 is 2.45 bits per heavy atom. The molecule has 1 unspecified atom stereocenters. The van der Waals surface area contributed by atoms with Gasteiger partial charge in [0, 0.05) is 0 Å². The summed E-state index contributed by atoms with van der Waals surface area (Å²) in [6.07, 6.45) is 0. The Kier molecular flexibility index (Phi) is 4.94. The van der Waals surface area contributed by atoms with E-state index in [0.717, 1.165) is 5.30 Å². The maximum atomic E-state index is 10.3. The van der Waals surface area contributed by atoms with Crippen LogP contribution in [0.2, 0.25) is 0 Å². The number of benzene rings is 1. The third-order valence-corrected chi connectivity index (χ3v) is 1.49. The van der Waals surface area contributed by atoms with Gasteiger partial charge in [0.15, 0.2) is 0 Å². The van der Waals surface area contributed by atoms with E-state index in [4.69, 9.17) is 5.11 Å². The Bertz CT molecular complexity index is 262. The van der Waals surface area contributed by atoms with Crippen molar-refractivity contribution in [3.63, 3.8) is 0 Å². The molecule has 0 saturated heterocycles. The van der Waals surface area contributed by atoms with Gasteiger partial charge in [-0.25, -0.2) is 4.79 Å². The minimum absolute atomic E-state index is 0. The summed E-state index contributed by atoms with van der Waals surface area (Å²) < 4.78 is 0. The van der Waals surface area contributed by atoms with Crippen LogP contribution in [0.15, 0.2) is 24.3 Å². The molecule has 1 atom stereocenters. The molecule has 1 rings (SSSR count). The van der Waals surface area contributed by atoms with E-state index in [9.17, 15) is 4.79 Å². The van der Waals surface area contributed by atoms with Crippen molar-refractivity contribution in [2.75, 3.05) is 0 Å². The molecule has 54 valence electrons. The molecular weight excluding hydrogens is 170 g/mol. The normalized spacial score (nSPS) is 8.45. The van der Waals surface area contributed by atoms with Gasteiger partial charge in [-0.3, -0.25) is 0 Å². The monoisotopic (exact) mass is 178 g/mol. The van der Waals surface area contributed by atoms with Crippen molar-refractivity contribution in [1.29, 1.82) is 0 Å². The van der Waals surface area contributed by atoms with E-state index in [-0.39, 0.29) is 29.6 Å². The molecule has 0 radical (unpaired) electrons. The molecule has 11 heavy (non-hydrogen) atoms. The Morgan fingerprint density at radius 1 is 1.45 bits per heavy atom. The number of aromatic carboxylic acids is 1. The second kappa shape index (κ2) is 4.89. The van der Waals surface area contributed by atoms with Crippen LogP contribution in [0.3, 0.4) is 0 Å². The van der Waals surface area contributed by atoms with E-state index < -0.39 is 5.97 Å². The van der Waals surface area contributed by atoms with Crippen LogP contribution in [-0.4, -0.2) is 40.6 Å².